The molecule has 0 amide bonds. The number of aromatic nitrogens is 2. The molecule has 2 N–H and O–H groups in total. The number of hydrogen-bond acceptors (Lipinski definition) is 2. The third kappa shape index (κ3) is 2.53. The van der Waals surface area contributed by atoms with E-state index < -0.39 is 0 Å². The van der Waals surface area contributed by atoms with E-state index in [1.807, 2.05) is 34.9 Å². The molecule has 3 aromatic rings. The minimum atomic E-state index is -0.148. The zero-order valence-corrected chi connectivity index (χ0v) is 13.4. The Balaban J connectivity index is 2.09. The van der Waals surface area contributed by atoms with Crippen LogP contribution in [-0.2, 0) is 6.54 Å². The lowest BCUT2D eigenvalue weighted by Gasteiger charge is -2.10. The second-order valence-electron chi connectivity index (χ2n) is 5.23. The minimum Gasteiger partial charge on any atom is -0.369 e. The van der Waals surface area contributed by atoms with Crippen molar-refractivity contribution in [1.82, 2.24) is 9.55 Å². The molecule has 2 aromatic carbocycles. The summed E-state index contributed by atoms with van der Waals surface area (Å²) in [6.45, 7) is 4.12. The van der Waals surface area contributed by atoms with Gasteiger partial charge >= 0.3 is 0 Å². The number of benzene rings is 2. The largest absolute Gasteiger partial charge is 0.369 e. The number of nitrogens with two attached hydrogens (primary N) is 1. The van der Waals surface area contributed by atoms with Crippen molar-refractivity contribution in [2.45, 2.75) is 20.4 Å². The molecule has 108 valence electrons. The van der Waals surface area contributed by atoms with Gasteiger partial charge in [-0.05, 0) is 48.7 Å². The number of imidazole rings is 1. The Kier molecular flexibility index (Phi) is 3.45. The molecule has 21 heavy (non-hydrogen) atoms. The van der Waals surface area contributed by atoms with Crippen LogP contribution in [0.15, 0.2) is 34.8 Å². The van der Waals surface area contributed by atoms with Crippen molar-refractivity contribution < 1.29 is 4.39 Å². The van der Waals surface area contributed by atoms with Crippen LogP contribution in [0.5, 0.6) is 0 Å². The summed E-state index contributed by atoms with van der Waals surface area (Å²) in [5, 5.41) is 0. The van der Waals surface area contributed by atoms with Crippen LogP contribution in [0, 0.1) is 19.7 Å². The quantitative estimate of drug-likeness (QED) is 0.755. The second kappa shape index (κ2) is 5.15. The highest BCUT2D eigenvalue weighted by atomic mass is 79.9. The van der Waals surface area contributed by atoms with E-state index in [-0.39, 0.29) is 5.82 Å². The van der Waals surface area contributed by atoms with Gasteiger partial charge in [-0.25, -0.2) is 9.37 Å². The molecule has 0 aliphatic heterocycles. The van der Waals surface area contributed by atoms with Crippen LogP contribution in [0.25, 0.3) is 11.0 Å². The molecular formula is C16H15BrFN3. The maximum Gasteiger partial charge on any atom is 0.201 e. The van der Waals surface area contributed by atoms with Gasteiger partial charge in [-0.15, -0.1) is 0 Å². The lowest BCUT2D eigenvalue weighted by molar-refractivity contribution is 0.607. The van der Waals surface area contributed by atoms with Gasteiger partial charge in [0.25, 0.3) is 0 Å². The number of anilines is 1. The van der Waals surface area contributed by atoms with Gasteiger partial charge in [0, 0.05) is 4.47 Å². The molecular weight excluding hydrogens is 333 g/mol. The molecule has 1 heterocycles. The number of rotatable bonds is 2. The normalized spacial score (nSPS) is 11.2. The SMILES string of the molecule is Cc1cc(Cn2c(N)nc3ccc(Br)cc32)cc(C)c1F. The Hall–Kier alpha value is -1.88. The Morgan fingerprint density at radius 3 is 2.52 bits per heavy atom. The van der Waals surface area contributed by atoms with Gasteiger partial charge in [0.2, 0.25) is 5.95 Å². The van der Waals surface area contributed by atoms with E-state index in [9.17, 15) is 4.39 Å². The summed E-state index contributed by atoms with van der Waals surface area (Å²) in [6.07, 6.45) is 0. The van der Waals surface area contributed by atoms with E-state index in [2.05, 4.69) is 20.9 Å². The molecule has 0 radical (unpaired) electrons. The minimum absolute atomic E-state index is 0.148. The summed E-state index contributed by atoms with van der Waals surface area (Å²) in [7, 11) is 0. The molecule has 3 rings (SSSR count). The Labute approximate surface area is 130 Å². The van der Waals surface area contributed by atoms with Crippen LogP contribution in [-0.4, -0.2) is 9.55 Å². The van der Waals surface area contributed by atoms with E-state index >= 15 is 0 Å². The van der Waals surface area contributed by atoms with Crippen LogP contribution in [0.3, 0.4) is 0 Å². The van der Waals surface area contributed by atoms with Crippen molar-refractivity contribution in [3.8, 4) is 0 Å². The van der Waals surface area contributed by atoms with E-state index in [4.69, 9.17) is 5.73 Å². The van der Waals surface area contributed by atoms with Gasteiger partial charge in [0.1, 0.15) is 5.82 Å². The predicted octanol–water partition coefficient (Wildman–Crippen LogP) is 4.19. The van der Waals surface area contributed by atoms with Crippen molar-refractivity contribution in [1.29, 1.82) is 0 Å². The number of halogens is 2. The first-order valence-corrected chi connectivity index (χ1v) is 7.42. The summed E-state index contributed by atoms with van der Waals surface area (Å²) >= 11 is 3.46. The van der Waals surface area contributed by atoms with Crippen LogP contribution >= 0.6 is 15.9 Å². The average Bonchev–Trinajstić information content (AvgIpc) is 2.72. The standard InChI is InChI=1S/C16H15BrFN3/c1-9-5-11(6-10(2)15(9)18)8-21-14-7-12(17)3-4-13(14)20-16(21)19/h3-7H,8H2,1-2H3,(H2,19,20). The summed E-state index contributed by atoms with van der Waals surface area (Å²) in [5.41, 5.74) is 10.1. The third-order valence-electron chi connectivity index (χ3n) is 3.58. The van der Waals surface area contributed by atoms with E-state index in [1.165, 1.54) is 0 Å². The Morgan fingerprint density at radius 2 is 1.86 bits per heavy atom. The predicted molar refractivity (Wildman–Crippen MR) is 86.8 cm³/mol. The van der Waals surface area contributed by atoms with Gasteiger partial charge < -0.3 is 10.3 Å². The van der Waals surface area contributed by atoms with Gasteiger partial charge in [-0.3, -0.25) is 0 Å². The first-order valence-electron chi connectivity index (χ1n) is 6.62. The number of nitrogens with zero attached hydrogens (tertiary/aromatic N) is 2. The maximum absolute atomic E-state index is 13.7. The summed E-state index contributed by atoms with van der Waals surface area (Å²) in [4.78, 5) is 4.36. The van der Waals surface area contributed by atoms with Crippen LogP contribution in [0.2, 0.25) is 0 Å². The van der Waals surface area contributed by atoms with E-state index in [1.54, 1.807) is 13.8 Å². The van der Waals surface area contributed by atoms with Gasteiger partial charge in [-0.1, -0.05) is 28.1 Å². The highest BCUT2D eigenvalue weighted by Crippen LogP contribution is 2.24. The molecule has 0 fully saturated rings. The molecule has 0 bridgehead atoms. The molecule has 0 spiro atoms. The van der Waals surface area contributed by atoms with Gasteiger partial charge in [0.05, 0.1) is 17.6 Å². The topological polar surface area (TPSA) is 43.8 Å². The molecule has 0 aliphatic carbocycles. The van der Waals surface area contributed by atoms with E-state index in [0.717, 1.165) is 21.1 Å². The molecule has 0 saturated heterocycles. The fourth-order valence-corrected chi connectivity index (χ4v) is 2.94. The first kappa shape index (κ1) is 14.1. The van der Waals surface area contributed by atoms with Crippen LogP contribution in [0.4, 0.5) is 10.3 Å². The van der Waals surface area contributed by atoms with Crippen LogP contribution in [0.1, 0.15) is 16.7 Å². The summed E-state index contributed by atoms with van der Waals surface area (Å²) in [6, 6.07) is 9.55. The van der Waals surface area contributed by atoms with Crippen LogP contribution < -0.4 is 5.73 Å². The molecule has 0 atom stereocenters. The Bertz CT molecular complexity index is 816. The highest BCUT2D eigenvalue weighted by Gasteiger charge is 2.11. The molecule has 0 aliphatic rings. The van der Waals surface area contributed by atoms with Crippen molar-refractivity contribution >= 4 is 32.9 Å². The maximum atomic E-state index is 13.7. The third-order valence-corrected chi connectivity index (χ3v) is 4.07. The highest BCUT2D eigenvalue weighted by molar-refractivity contribution is 9.10. The van der Waals surface area contributed by atoms with E-state index in [0.29, 0.717) is 23.6 Å². The summed E-state index contributed by atoms with van der Waals surface area (Å²) in [5.74, 6) is 0.313. The Morgan fingerprint density at radius 1 is 1.19 bits per heavy atom. The van der Waals surface area contributed by atoms with Crippen molar-refractivity contribution in [3.63, 3.8) is 0 Å². The monoisotopic (exact) mass is 347 g/mol. The van der Waals surface area contributed by atoms with Crippen molar-refractivity contribution in [2.75, 3.05) is 5.73 Å². The average molecular weight is 348 g/mol. The lowest BCUT2D eigenvalue weighted by Crippen LogP contribution is -2.05. The van der Waals surface area contributed by atoms with Gasteiger partial charge in [-0.2, -0.15) is 0 Å². The zero-order chi connectivity index (χ0) is 15.1. The molecule has 3 nitrogen and oxygen atoms in total. The number of fused-ring (bicyclic) bond motifs is 1. The van der Waals surface area contributed by atoms with Gasteiger partial charge in [0.15, 0.2) is 0 Å². The summed E-state index contributed by atoms with van der Waals surface area (Å²) < 4.78 is 16.6. The first-order chi connectivity index (χ1) is 9.95. The number of nitrogen functional groups attached to an aromatic ring is 1. The molecule has 5 heteroatoms. The fourth-order valence-electron chi connectivity index (χ4n) is 2.59. The number of hydrogen-bond donors (Lipinski definition) is 1. The fraction of sp³-hybridized carbons (Fsp3) is 0.188. The zero-order valence-electron chi connectivity index (χ0n) is 11.8. The molecule has 0 unspecified atom stereocenters. The smallest absolute Gasteiger partial charge is 0.201 e. The second-order valence-corrected chi connectivity index (χ2v) is 6.15. The number of aryl methyl sites for hydroxylation is 2. The van der Waals surface area contributed by atoms with Crippen molar-refractivity contribution in [3.05, 3.63) is 57.3 Å². The molecule has 0 saturated carbocycles. The van der Waals surface area contributed by atoms with Crippen molar-refractivity contribution in [2.24, 2.45) is 0 Å². The molecule has 1 aromatic heterocycles. The lowest BCUT2D eigenvalue weighted by atomic mass is 10.1.